The number of carbonyl (C=O) groups is 2. The second-order valence-electron chi connectivity index (χ2n) is 20.8. The van der Waals surface area contributed by atoms with Gasteiger partial charge in [0.25, 0.3) is 0 Å². The van der Waals surface area contributed by atoms with Crippen LogP contribution in [0.2, 0.25) is 0 Å². The first-order valence-electron chi connectivity index (χ1n) is 30.1. The lowest BCUT2D eigenvalue weighted by atomic mass is 10.0. The van der Waals surface area contributed by atoms with Gasteiger partial charge in [0.1, 0.15) is 0 Å². The number of carbonyl (C=O) groups excluding carboxylic acids is 2. The van der Waals surface area contributed by atoms with Crippen molar-refractivity contribution in [1.29, 1.82) is 0 Å². The van der Waals surface area contributed by atoms with E-state index >= 15 is 0 Å². The molecule has 0 aliphatic carbocycles. The quantitative estimate of drug-likeness (QED) is 0.0347. The van der Waals surface area contributed by atoms with Gasteiger partial charge in [-0.05, 0) is 12.8 Å². The van der Waals surface area contributed by atoms with Crippen LogP contribution in [-0.4, -0.2) is 11.9 Å². The van der Waals surface area contributed by atoms with Gasteiger partial charge in [-0.3, -0.25) is 0 Å². The molecular formula is C60H118O4. The number of rotatable bonds is 56. The van der Waals surface area contributed by atoms with Crippen molar-refractivity contribution in [2.45, 2.75) is 373 Å². The lowest BCUT2D eigenvalue weighted by Gasteiger charge is -2.05. The summed E-state index contributed by atoms with van der Waals surface area (Å²) in [7, 11) is 0. The third kappa shape index (κ3) is 57.1. The number of hydrogen-bond donors (Lipinski definition) is 0. The lowest BCUT2D eigenvalue weighted by Crippen LogP contribution is -2.11. The molecule has 0 aliphatic heterocycles. The molecule has 0 atom stereocenters. The zero-order chi connectivity index (χ0) is 46.2. The molecule has 0 radical (unpaired) electrons. The summed E-state index contributed by atoms with van der Waals surface area (Å²) < 4.78 is 0. The Labute approximate surface area is 403 Å². The monoisotopic (exact) mass is 903 g/mol. The molecule has 382 valence electrons. The van der Waals surface area contributed by atoms with Crippen LogP contribution in [0.1, 0.15) is 373 Å². The summed E-state index contributed by atoms with van der Waals surface area (Å²) in [4.78, 5) is 33.5. The highest BCUT2D eigenvalue weighted by molar-refractivity contribution is 5.72. The predicted octanol–water partition coefficient (Wildman–Crippen LogP) is 21.9. The van der Waals surface area contributed by atoms with Crippen LogP contribution in [0.4, 0.5) is 0 Å². The van der Waals surface area contributed by atoms with E-state index in [1.165, 1.54) is 321 Å². The van der Waals surface area contributed by atoms with E-state index < -0.39 is 11.9 Å². The highest BCUT2D eigenvalue weighted by Crippen LogP contribution is 2.19. The summed E-state index contributed by atoms with van der Waals surface area (Å²) in [6.07, 6.45) is 75.0. The fourth-order valence-electron chi connectivity index (χ4n) is 9.70. The van der Waals surface area contributed by atoms with Crippen LogP contribution in [0.25, 0.3) is 0 Å². The van der Waals surface area contributed by atoms with Crippen LogP contribution in [0.3, 0.4) is 0 Å². The molecule has 0 heterocycles. The summed E-state index contributed by atoms with van der Waals surface area (Å²) >= 11 is 0. The predicted molar refractivity (Wildman–Crippen MR) is 282 cm³/mol. The average Bonchev–Trinajstić information content (AvgIpc) is 3.30. The molecule has 0 unspecified atom stereocenters. The Kier molecular flexibility index (Phi) is 57.1. The first-order valence-corrected chi connectivity index (χ1v) is 30.1. The molecule has 0 bridgehead atoms. The summed E-state index contributed by atoms with van der Waals surface area (Å²) in [6, 6.07) is 0. The Bertz CT molecular complexity index is 802. The van der Waals surface area contributed by atoms with Gasteiger partial charge < -0.3 is 0 Å². The molecule has 0 aromatic carbocycles. The van der Waals surface area contributed by atoms with E-state index in [1.807, 2.05) is 0 Å². The van der Waals surface area contributed by atoms with Crippen molar-refractivity contribution in [3.63, 3.8) is 0 Å². The molecule has 4 nitrogen and oxygen atoms in total. The first-order chi connectivity index (χ1) is 31.7. The summed E-state index contributed by atoms with van der Waals surface area (Å²) in [6.45, 7) is 4.60. The van der Waals surface area contributed by atoms with Crippen LogP contribution < -0.4 is 0 Å². The Morgan fingerprint density at radius 2 is 0.297 bits per heavy atom. The molecule has 0 N–H and O–H groups in total. The summed E-state index contributed by atoms with van der Waals surface area (Å²) in [5, 5.41) is 0. The number of hydrogen-bond acceptors (Lipinski definition) is 4. The maximum Gasteiger partial charge on any atom is 0.355 e. The third-order valence-corrected chi connectivity index (χ3v) is 14.2. The van der Waals surface area contributed by atoms with E-state index in [0.717, 1.165) is 25.7 Å². The first kappa shape index (κ1) is 62.9. The lowest BCUT2D eigenvalue weighted by molar-refractivity contribution is -0.259. The highest BCUT2D eigenvalue weighted by Gasteiger charge is 2.10. The molecular weight excluding hydrogens is 785 g/mol. The summed E-state index contributed by atoms with van der Waals surface area (Å²) in [5.41, 5.74) is 0. The molecule has 0 aliphatic rings. The average molecular weight is 904 g/mol. The minimum absolute atomic E-state index is 0.340. The van der Waals surface area contributed by atoms with E-state index in [0.29, 0.717) is 12.8 Å². The van der Waals surface area contributed by atoms with Gasteiger partial charge in [0.2, 0.25) is 0 Å². The molecule has 0 amide bonds. The van der Waals surface area contributed by atoms with E-state index in [4.69, 9.17) is 9.78 Å². The maximum atomic E-state index is 12.0. The van der Waals surface area contributed by atoms with Crippen molar-refractivity contribution >= 4 is 11.9 Å². The Balaban J connectivity index is 3.22. The standard InChI is InChI=1S/C60H118O4/c1-3-5-7-9-11-13-15-17-19-21-23-25-27-29-31-33-35-37-39-41-43-45-47-49-51-53-55-57-59(61)63-64-60(62)58-56-54-52-50-48-46-44-42-40-38-36-34-32-30-28-26-24-22-20-18-16-14-12-10-8-6-4-2/h3-58H2,1-2H3. The molecule has 0 aromatic rings. The molecule has 64 heavy (non-hydrogen) atoms. The largest absolute Gasteiger partial charge is 0.355 e. The van der Waals surface area contributed by atoms with Crippen molar-refractivity contribution in [3.8, 4) is 0 Å². The van der Waals surface area contributed by atoms with Gasteiger partial charge in [0.15, 0.2) is 0 Å². The van der Waals surface area contributed by atoms with Gasteiger partial charge in [-0.2, -0.15) is 0 Å². The molecule has 0 aromatic heterocycles. The van der Waals surface area contributed by atoms with Crippen LogP contribution in [0, 0.1) is 0 Å². The fourth-order valence-corrected chi connectivity index (χ4v) is 9.70. The Morgan fingerprint density at radius 1 is 0.188 bits per heavy atom. The second kappa shape index (κ2) is 58.1. The zero-order valence-electron chi connectivity index (χ0n) is 44.2. The smallest absolute Gasteiger partial charge is 0.247 e. The minimum Gasteiger partial charge on any atom is -0.247 e. The molecule has 0 rings (SSSR count). The van der Waals surface area contributed by atoms with Gasteiger partial charge in [0.05, 0.1) is 12.8 Å². The van der Waals surface area contributed by atoms with Crippen molar-refractivity contribution in [3.05, 3.63) is 0 Å². The topological polar surface area (TPSA) is 52.6 Å². The minimum atomic E-state index is -0.409. The van der Waals surface area contributed by atoms with Crippen molar-refractivity contribution in [2.75, 3.05) is 0 Å². The van der Waals surface area contributed by atoms with Crippen molar-refractivity contribution < 1.29 is 19.4 Å². The van der Waals surface area contributed by atoms with Crippen LogP contribution in [-0.2, 0) is 19.4 Å². The van der Waals surface area contributed by atoms with E-state index in [-0.39, 0.29) is 0 Å². The van der Waals surface area contributed by atoms with E-state index in [1.54, 1.807) is 0 Å². The van der Waals surface area contributed by atoms with Crippen molar-refractivity contribution in [1.82, 2.24) is 0 Å². The number of unbranched alkanes of at least 4 members (excludes halogenated alkanes) is 52. The SMILES string of the molecule is CCCCCCCCCCCCCCCCCCCCCCCCCCCCCC(=O)OOC(=O)CCCCCCCCCCCCCCCCCCCCCCCCCCCCC. The molecule has 4 heteroatoms. The van der Waals surface area contributed by atoms with Gasteiger partial charge >= 0.3 is 11.9 Å². The van der Waals surface area contributed by atoms with E-state index in [9.17, 15) is 9.59 Å². The van der Waals surface area contributed by atoms with E-state index in [2.05, 4.69) is 13.8 Å². The second-order valence-corrected chi connectivity index (χ2v) is 20.8. The van der Waals surface area contributed by atoms with Crippen LogP contribution in [0.15, 0.2) is 0 Å². The van der Waals surface area contributed by atoms with Gasteiger partial charge in [-0.25, -0.2) is 19.4 Å². The Hall–Kier alpha value is -1.06. The maximum absolute atomic E-state index is 12.0. The Morgan fingerprint density at radius 3 is 0.422 bits per heavy atom. The normalized spacial score (nSPS) is 11.5. The highest BCUT2D eigenvalue weighted by atomic mass is 17.2. The van der Waals surface area contributed by atoms with Gasteiger partial charge in [0, 0.05) is 0 Å². The molecule has 0 saturated heterocycles. The van der Waals surface area contributed by atoms with Gasteiger partial charge in [-0.15, -0.1) is 0 Å². The molecule has 0 spiro atoms. The fraction of sp³-hybridized carbons (Fsp3) is 0.967. The third-order valence-electron chi connectivity index (χ3n) is 14.2. The van der Waals surface area contributed by atoms with Crippen molar-refractivity contribution in [2.24, 2.45) is 0 Å². The molecule has 0 saturated carbocycles. The molecule has 0 fully saturated rings. The van der Waals surface area contributed by atoms with Crippen LogP contribution >= 0.6 is 0 Å². The summed E-state index contributed by atoms with van der Waals surface area (Å²) in [5.74, 6) is -0.818. The zero-order valence-corrected chi connectivity index (χ0v) is 44.2. The van der Waals surface area contributed by atoms with Gasteiger partial charge in [-0.1, -0.05) is 348 Å². The van der Waals surface area contributed by atoms with Crippen LogP contribution in [0.5, 0.6) is 0 Å².